The van der Waals surface area contributed by atoms with E-state index in [1.807, 2.05) is 5.32 Å². The number of hydrogen-bond acceptors (Lipinski definition) is 7. The van der Waals surface area contributed by atoms with Gasteiger partial charge in [0.15, 0.2) is 5.82 Å². The van der Waals surface area contributed by atoms with E-state index in [1.54, 1.807) is 7.05 Å². The number of amides is 1. The van der Waals surface area contributed by atoms with Crippen molar-refractivity contribution in [1.82, 2.24) is 14.8 Å². The van der Waals surface area contributed by atoms with Gasteiger partial charge in [0.1, 0.15) is 6.33 Å². The number of nitro groups is 1. The van der Waals surface area contributed by atoms with Crippen LogP contribution >= 0.6 is 0 Å². The number of carbonyl (C=O) groups is 1. The van der Waals surface area contributed by atoms with E-state index in [0.717, 1.165) is 6.07 Å². The molecule has 0 saturated heterocycles. The van der Waals surface area contributed by atoms with E-state index in [-0.39, 0.29) is 47.3 Å². The molecule has 2 N–H and O–H groups in total. The Bertz CT molecular complexity index is 1230. The molecule has 0 spiro atoms. The lowest BCUT2D eigenvalue weighted by Crippen LogP contribution is -2.11. The smallest absolute Gasteiger partial charge is 0.416 e. The summed E-state index contributed by atoms with van der Waals surface area (Å²) in [6.07, 6.45) is -4.82. The van der Waals surface area contributed by atoms with Crippen molar-refractivity contribution in [3.8, 4) is 17.1 Å². The Hall–Kier alpha value is -4.20. The number of anilines is 1. The number of nitrogens with one attached hydrogen (secondary N) is 1. The van der Waals surface area contributed by atoms with Gasteiger partial charge in [-0.1, -0.05) is 0 Å². The van der Waals surface area contributed by atoms with Crippen molar-refractivity contribution in [2.75, 3.05) is 12.4 Å². The van der Waals surface area contributed by atoms with Gasteiger partial charge in [0.05, 0.1) is 36.4 Å². The lowest BCUT2D eigenvalue weighted by atomic mass is 10.1. The lowest BCUT2D eigenvalue weighted by Gasteiger charge is -2.13. The Morgan fingerprint density at radius 1 is 1.21 bits per heavy atom. The molecule has 11 nitrogen and oxygen atoms in total. The molecule has 0 atom stereocenters. The molecule has 0 aliphatic carbocycles. The van der Waals surface area contributed by atoms with E-state index < -0.39 is 22.8 Å². The quantitative estimate of drug-likeness (QED) is 0.360. The first kappa shape index (κ1) is 24.4. The zero-order chi connectivity index (χ0) is 25.0. The monoisotopic (exact) mass is 481 g/mol. The molecule has 0 radical (unpaired) electrons. The van der Waals surface area contributed by atoms with Crippen molar-refractivity contribution in [2.24, 2.45) is 7.05 Å². The molecule has 0 aliphatic rings. The summed E-state index contributed by atoms with van der Waals surface area (Å²) >= 11 is 0. The number of nitrogens with zero attached hydrogens (tertiary/aromatic N) is 4. The summed E-state index contributed by atoms with van der Waals surface area (Å²) in [6.45, 7) is -0.530. The van der Waals surface area contributed by atoms with Gasteiger partial charge in [-0.25, -0.2) is 9.78 Å². The second-order valence-corrected chi connectivity index (χ2v) is 7.03. The third-order valence-corrected chi connectivity index (χ3v) is 4.48. The maximum atomic E-state index is 13.2. The topological polar surface area (TPSA) is 142 Å². The molecule has 0 fully saturated rings. The number of carboxylic acid groups (broad SMARTS) is 1. The average Bonchev–Trinajstić information content (AvgIpc) is 3.18. The summed E-state index contributed by atoms with van der Waals surface area (Å²) in [7, 11) is 2.88. The number of halogens is 3. The number of benzene rings is 2. The minimum absolute atomic E-state index is 0.0493. The van der Waals surface area contributed by atoms with Crippen LogP contribution in [0.3, 0.4) is 0 Å². The number of aryl methyl sites for hydroxylation is 1. The highest BCUT2D eigenvalue weighted by Crippen LogP contribution is 2.38. The second kappa shape index (κ2) is 9.74. The van der Waals surface area contributed by atoms with Gasteiger partial charge in [-0.05, 0) is 35.4 Å². The number of rotatable bonds is 8. The van der Waals surface area contributed by atoms with Crippen LogP contribution in [0.25, 0.3) is 11.4 Å². The molecular formula is C20H18F3N5O6. The first-order valence-corrected chi connectivity index (χ1v) is 9.48. The predicted molar refractivity (Wildman–Crippen MR) is 111 cm³/mol. The van der Waals surface area contributed by atoms with Gasteiger partial charge in [-0.15, -0.1) is 0 Å². The molecule has 3 aromatic rings. The summed E-state index contributed by atoms with van der Waals surface area (Å²) in [5, 5.41) is 26.4. The third kappa shape index (κ3) is 5.78. The summed E-state index contributed by atoms with van der Waals surface area (Å²) in [6, 6.07) is 5.42. The highest BCUT2D eigenvalue weighted by Gasteiger charge is 2.31. The van der Waals surface area contributed by atoms with Crippen LogP contribution in [0.5, 0.6) is 5.75 Å². The van der Waals surface area contributed by atoms with E-state index in [4.69, 9.17) is 14.6 Å². The highest BCUT2D eigenvalue weighted by molar-refractivity contribution is 5.83. The lowest BCUT2D eigenvalue weighted by molar-refractivity contribution is -0.385. The first-order chi connectivity index (χ1) is 16.0. The summed E-state index contributed by atoms with van der Waals surface area (Å²) < 4.78 is 51.6. The zero-order valence-electron chi connectivity index (χ0n) is 17.8. The Morgan fingerprint density at radius 3 is 2.41 bits per heavy atom. The van der Waals surface area contributed by atoms with E-state index >= 15 is 0 Å². The number of alkyl halides is 3. The number of aromatic nitrogens is 3. The summed E-state index contributed by atoms with van der Waals surface area (Å²) in [4.78, 5) is 25.8. The Morgan fingerprint density at radius 2 is 1.88 bits per heavy atom. The van der Waals surface area contributed by atoms with Crippen molar-refractivity contribution in [1.29, 1.82) is 0 Å². The van der Waals surface area contributed by atoms with Gasteiger partial charge in [-0.2, -0.15) is 18.3 Å². The van der Waals surface area contributed by atoms with Gasteiger partial charge in [0.25, 0.3) is 0 Å². The molecule has 1 heterocycles. The van der Waals surface area contributed by atoms with Crippen LogP contribution in [0.1, 0.15) is 16.7 Å². The SMILES string of the molecule is COc1c(-c2ncn(C)n2)cc(COCc2cc(NC(=O)O)cc(C(F)(F)F)c2)cc1[N+](=O)[O-]. The van der Waals surface area contributed by atoms with Crippen LogP contribution in [0.15, 0.2) is 36.7 Å². The van der Waals surface area contributed by atoms with Crippen molar-refractivity contribution in [2.45, 2.75) is 19.4 Å². The third-order valence-electron chi connectivity index (χ3n) is 4.48. The molecule has 1 aromatic heterocycles. The number of methoxy groups -OCH3 is 1. The Kier molecular flexibility index (Phi) is 7.00. The van der Waals surface area contributed by atoms with Crippen LogP contribution in [-0.4, -0.2) is 38.0 Å². The molecule has 0 saturated carbocycles. The minimum atomic E-state index is -4.70. The van der Waals surface area contributed by atoms with Crippen LogP contribution in [0.4, 0.5) is 29.3 Å². The predicted octanol–water partition coefficient (Wildman–Crippen LogP) is 4.22. The largest absolute Gasteiger partial charge is 0.490 e. The maximum Gasteiger partial charge on any atom is 0.416 e. The van der Waals surface area contributed by atoms with E-state index in [1.165, 1.54) is 36.3 Å². The Balaban J connectivity index is 1.88. The highest BCUT2D eigenvalue weighted by atomic mass is 19.4. The molecule has 3 rings (SSSR count). The fraction of sp³-hybridized carbons (Fsp3) is 0.250. The van der Waals surface area contributed by atoms with Crippen molar-refractivity contribution < 1.29 is 37.5 Å². The Labute approximate surface area is 189 Å². The molecule has 2 aromatic carbocycles. The summed E-state index contributed by atoms with van der Waals surface area (Å²) in [5.41, 5.74) is -1.08. The molecule has 34 heavy (non-hydrogen) atoms. The van der Waals surface area contributed by atoms with Gasteiger partial charge < -0.3 is 14.6 Å². The number of nitro benzene ring substituents is 1. The molecule has 14 heteroatoms. The van der Waals surface area contributed by atoms with Crippen LogP contribution < -0.4 is 10.1 Å². The van der Waals surface area contributed by atoms with E-state index in [2.05, 4.69) is 10.1 Å². The zero-order valence-corrected chi connectivity index (χ0v) is 17.8. The molecular weight excluding hydrogens is 463 g/mol. The fourth-order valence-electron chi connectivity index (χ4n) is 3.16. The summed E-state index contributed by atoms with van der Waals surface area (Å²) in [5.74, 6) is 0.119. The van der Waals surface area contributed by atoms with Crippen molar-refractivity contribution in [3.05, 3.63) is 63.5 Å². The number of hydrogen-bond donors (Lipinski definition) is 2. The van der Waals surface area contributed by atoms with Crippen molar-refractivity contribution >= 4 is 17.5 Å². The normalized spacial score (nSPS) is 11.3. The fourth-order valence-corrected chi connectivity index (χ4v) is 3.16. The van der Waals surface area contributed by atoms with Gasteiger partial charge in [-0.3, -0.25) is 20.1 Å². The first-order valence-electron chi connectivity index (χ1n) is 9.48. The second-order valence-electron chi connectivity index (χ2n) is 7.03. The molecule has 0 aliphatic heterocycles. The van der Waals surface area contributed by atoms with E-state index in [0.29, 0.717) is 11.6 Å². The molecule has 0 unspecified atom stereocenters. The minimum Gasteiger partial charge on any atom is -0.490 e. The number of ether oxygens (including phenoxy) is 2. The van der Waals surface area contributed by atoms with Crippen molar-refractivity contribution in [3.63, 3.8) is 0 Å². The van der Waals surface area contributed by atoms with Crippen LogP contribution in [0.2, 0.25) is 0 Å². The van der Waals surface area contributed by atoms with E-state index in [9.17, 15) is 28.1 Å². The standard InChI is InChI=1S/C20H18F3N5O6/c1-27-10-24-18(26-27)15-5-12(6-16(28(31)32)17(15)33-2)9-34-8-11-3-13(20(21,22)23)7-14(4-11)25-19(29)30/h3-7,10,25H,8-9H2,1-2H3,(H,29,30). The van der Waals surface area contributed by atoms with Gasteiger partial charge in [0, 0.05) is 18.8 Å². The molecule has 180 valence electrons. The van der Waals surface area contributed by atoms with Crippen LogP contribution in [0, 0.1) is 10.1 Å². The van der Waals surface area contributed by atoms with Crippen LogP contribution in [-0.2, 0) is 31.2 Å². The van der Waals surface area contributed by atoms with Gasteiger partial charge >= 0.3 is 18.0 Å². The maximum absolute atomic E-state index is 13.2. The molecule has 0 bridgehead atoms. The van der Waals surface area contributed by atoms with Gasteiger partial charge in [0.2, 0.25) is 5.75 Å². The average molecular weight is 481 g/mol. The molecule has 1 amide bonds.